The number of carboxylic acid groups (broad SMARTS) is 1. The number of carbonyl (C=O) groups is 1. The Morgan fingerprint density at radius 2 is 2.04 bits per heavy atom. The van der Waals surface area contributed by atoms with Gasteiger partial charge in [-0.1, -0.05) is 12.8 Å². The highest BCUT2D eigenvalue weighted by Gasteiger charge is 2.28. The minimum absolute atomic E-state index is 0.0483. The summed E-state index contributed by atoms with van der Waals surface area (Å²) >= 11 is 0. The number of aromatic nitrogens is 4. The molecule has 1 aliphatic rings. The first kappa shape index (κ1) is 18.4. The van der Waals surface area contributed by atoms with Crippen LogP contribution in [0.15, 0.2) is 18.3 Å². The van der Waals surface area contributed by atoms with E-state index in [0.29, 0.717) is 12.8 Å². The average Bonchev–Trinajstić information content (AvgIpc) is 3.07. The fourth-order valence-electron chi connectivity index (χ4n) is 3.85. The summed E-state index contributed by atoms with van der Waals surface area (Å²) in [5, 5.41) is 16.0. The number of hydrogen-bond donors (Lipinski definition) is 2. The Morgan fingerprint density at radius 1 is 1.21 bits per heavy atom. The molecular formula is C19H17F3N4O2. The van der Waals surface area contributed by atoms with Crippen molar-refractivity contribution in [1.29, 1.82) is 0 Å². The highest BCUT2D eigenvalue weighted by molar-refractivity contribution is 5.89. The number of carboxylic acids is 1. The third-order valence-corrected chi connectivity index (χ3v) is 5.23. The van der Waals surface area contributed by atoms with Gasteiger partial charge in [0.15, 0.2) is 11.5 Å². The van der Waals surface area contributed by atoms with E-state index in [1.54, 1.807) is 0 Å². The molecule has 0 aliphatic heterocycles. The zero-order chi connectivity index (χ0) is 19.8. The van der Waals surface area contributed by atoms with Crippen LogP contribution in [0.3, 0.4) is 0 Å². The van der Waals surface area contributed by atoms with Gasteiger partial charge in [0.2, 0.25) is 0 Å². The van der Waals surface area contributed by atoms with Gasteiger partial charge in [-0.3, -0.25) is 9.89 Å². The summed E-state index contributed by atoms with van der Waals surface area (Å²) in [6.07, 6.45) is 3.75. The minimum Gasteiger partial charge on any atom is -0.481 e. The fraction of sp³-hybridized carbons (Fsp3) is 0.368. The Bertz CT molecular complexity index is 1050. The van der Waals surface area contributed by atoms with Crippen LogP contribution >= 0.6 is 0 Å². The standard InChI is InChI=1S/C19H17F3N4O2/c20-11-6-12-16(25-26-18(12)23-8-11)17-14(22)7-13(21)15(24-17)5-9-2-1-3-10(4-9)19(27)28/h6-10H,1-5H2,(H,27,28)(H,23,25,26)/t9-,10+/m0/s1. The molecule has 1 saturated carbocycles. The van der Waals surface area contributed by atoms with E-state index >= 15 is 0 Å². The van der Waals surface area contributed by atoms with Gasteiger partial charge >= 0.3 is 5.97 Å². The van der Waals surface area contributed by atoms with E-state index in [1.165, 1.54) is 0 Å². The van der Waals surface area contributed by atoms with Crippen molar-refractivity contribution in [2.24, 2.45) is 11.8 Å². The zero-order valence-electron chi connectivity index (χ0n) is 14.8. The first-order valence-corrected chi connectivity index (χ1v) is 9.00. The van der Waals surface area contributed by atoms with E-state index in [1.807, 2.05) is 0 Å². The van der Waals surface area contributed by atoms with Crippen molar-refractivity contribution in [1.82, 2.24) is 20.2 Å². The van der Waals surface area contributed by atoms with Crippen LogP contribution in [0.4, 0.5) is 13.2 Å². The molecule has 3 aromatic heterocycles. The summed E-state index contributed by atoms with van der Waals surface area (Å²) in [4.78, 5) is 19.2. The lowest BCUT2D eigenvalue weighted by molar-refractivity contribution is -0.143. The van der Waals surface area contributed by atoms with Gasteiger partial charge in [-0.05, 0) is 31.2 Å². The summed E-state index contributed by atoms with van der Waals surface area (Å²) in [6.45, 7) is 0. The molecule has 6 nitrogen and oxygen atoms in total. The molecule has 0 bridgehead atoms. The number of fused-ring (bicyclic) bond motifs is 1. The quantitative estimate of drug-likeness (QED) is 0.706. The second kappa shape index (κ2) is 7.21. The lowest BCUT2D eigenvalue weighted by atomic mass is 9.79. The molecule has 0 radical (unpaired) electrons. The lowest BCUT2D eigenvalue weighted by Crippen LogP contribution is -2.24. The predicted octanol–water partition coefficient (Wildman–Crippen LogP) is 3.87. The molecule has 3 aromatic rings. The molecule has 1 fully saturated rings. The van der Waals surface area contributed by atoms with Crippen molar-refractivity contribution >= 4 is 17.0 Å². The summed E-state index contributed by atoms with van der Waals surface area (Å²) in [7, 11) is 0. The van der Waals surface area contributed by atoms with E-state index in [0.717, 1.165) is 31.2 Å². The molecule has 0 saturated heterocycles. The number of aromatic amines is 1. The maximum atomic E-state index is 14.4. The van der Waals surface area contributed by atoms with E-state index in [4.69, 9.17) is 0 Å². The Hall–Kier alpha value is -2.97. The third kappa shape index (κ3) is 3.44. The average molecular weight is 390 g/mol. The van der Waals surface area contributed by atoms with E-state index in [9.17, 15) is 23.1 Å². The number of pyridine rings is 2. The maximum absolute atomic E-state index is 14.4. The largest absolute Gasteiger partial charge is 0.481 e. The van der Waals surface area contributed by atoms with Crippen molar-refractivity contribution < 1.29 is 23.1 Å². The van der Waals surface area contributed by atoms with Crippen molar-refractivity contribution in [3.8, 4) is 11.4 Å². The summed E-state index contributed by atoms with van der Waals surface area (Å²) in [5.74, 6) is -3.65. The van der Waals surface area contributed by atoms with Gasteiger partial charge in [-0.2, -0.15) is 5.10 Å². The van der Waals surface area contributed by atoms with Gasteiger partial charge in [-0.15, -0.1) is 0 Å². The number of hydrogen-bond acceptors (Lipinski definition) is 4. The Balaban J connectivity index is 1.68. The molecule has 9 heteroatoms. The third-order valence-electron chi connectivity index (χ3n) is 5.23. The van der Waals surface area contributed by atoms with E-state index in [-0.39, 0.29) is 40.5 Å². The van der Waals surface area contributed by atoms with Gasteiger partial charge < -0.3 is 5.11 Å². The highest BCUT2D eigenvalue weighted by Crippen LogP contribution is 2.33. The van der Waals surface area contributed by atoms with Crippen LogP contribution in [0.1, 0.15) is 31.4 Å². The normalized spacial score (nSPS) is 19.8. The molecule has 0 aromatic carbocycles. The molecule has 28 heavy (non-hydrogen) atoms. The van der Waals surface area contributed by atoms with Gasteiger partial charge in [0.05, 0.1) is 28.9 Å². The second-order valence-corrected chi connectivity index (χ2v) is 7.14. The van der Waals surface area contributed by atoms with Crippen molar-refractivity contribution in [2.75, 3.05) is 0 Å². The van der Waals surface area contributed by atoms with Crippen molar-refractivity contribution in [3.63, 3.8) is 0 Å². The molecule has 2 atom stereocenters. The molecule has 2 N–H and O–H groups in total. The lowest BCUT2D eigenvalue weighted by Gasteiger charge is -2.26. The summed E-state index contributed by atoms with van der Waals surface area (Å²) in [6, 6.07) is 1.90. The molecule has 0 unspecified atom stereocenters. The first-order chi connectivity index (χ1) is 13.4. The molecular weight excluding hydrogens is 373 g/mol. The number of aliphatic carboxylic acids is 1. The highest BCUT2D eigenvalue weighted by atomic mass is 19.1. The Labute approximate surface area is 157 Å². The van der Waals surface area contributed by atoms with Crippen molar-refractivity contribution in [3.05, 3.63) is 41.5 Å². The van der Waals surface area contributed by atoms with Crippen LogP contribution in [0.2, 0.25) is 0 Å². The van der Waals surface area contributed by atoms with Crippen LogP contribution in [0.5, 0.6) is 0 Å². The van der Waals surface area contributed by atoms with Crippen LogP contribution in [-0.2, 0) is 11.2 Å². The SMILES string of the molecule is O=C(O)[C@@H]1CCC[C@H](Cc2nc(-c3[nH]nc4ncc(F)cc34)c(F)cc2F)C1. The summed E-state index contributed by atoms with van der Waals surface area (Å²) < 4.78 is 42.3. The maximum Gasteiger partial charge on any atom is 0.306 e. The molecule has 146 valence electrons. The van der Waals surface area contributed by atoms with Crippen LogP contribution in [0, 0.1) is 29.3 Å². The van der Waals surface area contributed by atoms with Crippen LogP contribution in [0.25, 0.3) is 22.4 Å². The molecule has 0 spiro atoms. The van der Waals surface area contributed by atoms with Gasteiger partial charge in [-0.25, -0.2) is 23.1 Å². The predicted molar refractivity (Wildman–Crippen MR) is 93.8 cm³/mol. The topological polar surface area (TPSA) is 91.8 Å². The van der Waals surface area contributed by atoms with E-state index < -0.39 is 29.3 Å². The van der Waals surface area contributed by atoms with Crippen LogP contribution < -0.4 is 0 Å². The molecule has 3 heterocycles. The van der Waals surface area contributed by atoms with Gasteiger partial charge in [0.1, 0.15) is 17.3 Å². The Morgan fingerprint density at radius 3 is 2.82 bits per heavy atom. The van der Waals surface area contributed by atoms with Gasteiger partial charge in [0.25, 0.3) is 0 Å². The molecule has 1 aliphatic carbocycles. The van der Waals surface area contributed by atoms with E-state index in [2.05, 4.69) is 20.2 Å². The minimum atomic E-state index is -0.900. The van der Waals surface area contributed by atoms with Gasteiger partial charge in [0, 0.05) is 6.07 Å². The molecule has 0 amide bonds. The zero-order valence-corrected chi connectivity index (χ0v) is 14.8. The number of halogens is 3. The van der Waals surface area contributed by atoms with Crippen molar-refractivity contribution in [2.45, 2.75) is 32.1 Å². The number of H-pyrrole nitrogens is 1. The molecule has 4 rings (SSSR count). The first-order valence-electron chi connectivity index (χ1n) is 9.00. The van der Waals surface area contributed by atoms with Crippen LogP contribution in [-0.4, -0.2) is 31.2 Å². The summed E-state index contributed by atoms with van der Waals surface area (Å²) in [5.41, 5.74) is 0.198. The fourth-order valence-corrected chi connectivity index (χ4v) is 3.85. The monoisotopic (exact) mass is 390 g/mol. The Kier molecular flexibility index (Phi) is 4.74. The second-order valence-electron chi connectivity index (χ2n) is 7.14. The smallest absolute Gasteiger partial charge is 0.306 e. The number of nitrogens with one attached hydrogen (secondary N) is 1. The number of rotatable bonds is 4. The number of nitrogens with zero attached hydrogens (tertiary/aromatic N) is 3.